The quantitative estimate of drug-likeness (QED) is 0.879. The molecule has 0 radical (unpaired) electrons. The van der Waals surface area contributed by atoms with Crippen molar-refractivity contribution in [2.75, 3.05) is 31.2 Å². The number of rotatable bonds is 4. The summed E-state index contributed by atoms with van der Waals surface area (Å²) in [6.07, 6.45) is 5.70. The van der Waals surface area contributed by atoms with Crippen molar-refractivity contribution >= 4 is 11.7 Å². The summed E-state index contributed by atoms with van der Waals surface area (Å²) in [6.45, 7) is 3.07. The molecule has 0 aromatic heterocycles. The highest BCUT2D eigenvalue weighted by molar-refractivity contribution is 5.90. The summed E-state index contributed by atoms with van der Waals surface area (Å²) in [7, 11) is 0. The van der Waals surface area contributed by atoms with Crippen molar-refractivity contribution in [3.63, 3.8) is 0 Å². The smallest absolute Gasteiger partial charge is 0.331 e. The number of carboxylic acid groups (broad SMARTS) is 1. The van der Waals surface area contributed by atoms with Gasteiger partial charge in [0, 0.05) is 18.8 Å². The van der Waals surface area contributed by atoms with Gasteiger partial charge in [-0.05, 0) is 23.3 Å². The summed E-state index contributed by atoms with van der Waals surface area (Å²) in [5.74, 6) is 1.47. The predicted molar refractivity (Wildman–Crippen MR) is 93.2 cm³/mol. The number of hydrogen-bond donors (Lipinski definition) is 1. The molecule has 24 heavy (non-hydrogen) atoms. The molecule has 1 heterocycles. The normalized spacial score (nSPS) is 16.9. The first-order valence-corrected chi connectivity index (χ1v) is 7.88. The van der Waals surface area contributed by atoms with Crippen LogP contribution in [0.25, 0.3) is 0 Å². The lowest BCUT2D eigenvalue weighted by molar-refractivity contribution is -0.140. The van der Waals surface area contributed by atoms with Gasteiger partial charge in [-0.25, -0.2) is 4.79 Å². The Labute approximate surface area is 141 Å². The van der Waals surface area contributed by atoms with E-state index in [4.69, 9.17) is 11.2 Å². The van der Waals surface area contributed by atoms with E-state index in [1.807, 2.05) is 30.3 Å². The van der Waals surface area contributed by atoms with E-state index in [9.17, 15) is 9.90 Å². The number of nitrogens with zero attached hydrogens (tertiary/aromatic N) is 1. The van der Waals surface area contributed by atoms with E-state index < -0.39 is 11.4 Å². The second-order valence-corrected chi connectivity index (χ2v) is 5.71. The summed E-state index contributed by atoms with van der Waals surface area (Å²) >= 11 is 0. The van der Waals surface area contributed by atoms with Crippen molar-refractivity contribution in [1.82, 2.24) is 0 Å². The lowest BCUT2D eigenvalue weighted by Crippen LogP contribution is -2.37. The lowest BCUT2D eigenvalue weighted by atomic mass is 9.75. The Bertz CT molecular complexity index is 743. The van der Waals surface area contributed by atoms with Crippen LogP contribution in [0.2, 0.25) is 0 Å². The molecule has 1 unspecified atom stereocenters. The van der Waals surface area contributed by atoms with Gasteiger partial charge in [-0.15, -0.1) is 6.42 Å². The average molecular weight is 321 g/mol. The van der Waals surface area contributed by atoms with E-state index in [1.54, 1.807) is 24.3 Å². The van der Waals surface area contributed by atoms with E-state index in [-0.39, 0.29) is 0 Å². The number of anilines is 1. The van der Waals surface area contributed by atoms with Crippen LogP contribution in [-0.4, -0.2) is 37.4 Å². The van der Waals surface area contributed by atoms with Crippen molar-refractivity contribution < 1.29 is 14.6 Å². The molecule has 4 heteroatoms. The second-order valence-electron chi connectivity index (χ2n) is 5.71. The molecular weight excluding hydrogens is 302 g/mol. The molecule has 2 aromatic carbocycles. The molecule has 1 saturated heterocycles. The van der Waals surface area contributed by atoms with Crippen LogP contribution in [0.1, 0.15) is 11.1 Å². The standard InChI is InChI=1S/C20H19NO3/c1-2-20(19(22)23,16-6-4-3-5-7-16)17-8-10-18(11-9-17)21-12-14-24-15-13-21/h1,3-11H,12-15H2,(H,22,23). The van der Waals surface area contributed by atoms with E-state index in [0.29, 0.717) is 24.3 Å². The third kappa shape index (κ3) is 2.75. The lowest BCUT2D eigenvalue weighted by Gasteiger charge is -2.30. The highest BCUT2D eigenvalue weighted by atomic mass is 16.5. The molecule has 0 amide bonds. The highest BCUT2D eigenvalue weighted by Crippen LogP contribution is 2.33. The molecule has 1 N–H and O–H groups in total. The highest BCUT2D eigenvalue weighted by Gasteiger charge is 2.40. The van der Waals surface area contributed by atoms with Gasteiger partial charge in [-0.3, -0.25) is 0 Å². The maximum Gasteiger partial charge on any atom is 0.331 e. The van der Waals surface area contributed by atoms with Crippen LogP contribution in [0.3, 0.4) is 0 Å². The minimum atomic E-state index is -1.48. The van der Waals surface area contributed by atoms with Gasteiger partial charge < -0.3 is 14.7 Å². The van der Waals surface area contributed by atoms with Crippen LogP contribution in [0.4, 0.5) is 5.69 Å². The zero-order chi connectivity index (χ0) is 17.0. The van der Waals surface area contributed by atoms with Crippen LogP contribution in [0, 0.1) is 12.3 Å². The van der Waals surface area contributed by atoms with Gasteiger partial charge in [0.05, 0.1) is 13.2 Å². The van der Waals surface area contributed by atoms with Crippen molar-refractivity contribution in [1.29, 1.82) is 0 Å². The Hall–Kier alpha value is -2.77. The maximum absolute atomic E-state index is 12.1. The third-order valence-corrected chi connectivity index (χ3v) is 4.42. The third-order valence-electron chi connectivity index (χ3n) is 4.42. The van der Waals surface area contributed by atoms with Crippen LogP contribution < -0.4 is 4.90 Å². The van der Waals surface area contributed by atoms with Crippen molar-refractivity contribution in [2.45, 2.75) is 5.41 Å². The summed E-state index contributed by atoms with van der Waals surface area (Å²) < 4.78 is 5.36. The van der Waals surface area contributed by atoms with Crippen molar-refractivity contribution in [3.8, 4) is 12.3 Å². The number of benzene rings is 2. The molecule has 4 nitrogen and oxygen atoms in total. The molecule has 1 aliphatic rings. The Morgan fingerprint density at radius 2 is 1.62 bits per heavy atom. The van der Waals surface area contributed by atoms with Crippen LogP contribution in [0.5, 0.6) is 0 Å². The molecule has 1 fully saturated rings. The predicted octanol–water partition coefficient (Wildman–Crippen LogP) is 2.53. The van der Waals surface area contributed by atoms with Gasteiger partial charge in [-0.2, -0.15) is 0 Å². The van der Waals surface area contributed by atoms with Crippen LogP contribution in [0.15, 0.2) is 54.6 Å². The Morgan fingerprint density at radius 3 is 2.17 bits per heavy atom. The minimum Gasteiger partial charge on any atom is -0.480 e. The molecule has 3 rings (SSSR count). The number of terminal acetylenes is 1. The van der Waals surface area contributed by atoms with Crippen molar-refractivity contribution in [3.05, 3.63) is 65.7 Å². The second kappa shape index (κ2) is 6.77. The Balaban J connectivity index is 2.00. The van der Waals surface area contributed by atoms with Gasteiger partial charge in [0.1, 0.15) is 0 Å². The fraction of sp³-hybridized carbons (Fsp3) is 0.250. The largest absolute Gasteiger partial charge is 0.480 e. The van der Waals surface area contributed by atoms with Gasteiger partial charge in [0.15, 0.2) is 5.41 Å². The number of morpholine rings is 1. The Kier molecular flexibility index (Phi) is 4.54. The summed E-state index contributed by atoms with van der Waals surface area (Å²) in [4.78, 5) is 14.3. The van der Waals surface area contributed by atoms with E-state index in [1.165, 1.54) is 0 Å². The number of aliphatic carboxylic acids is 1. The van der Waals surface area contributed by atoms with E-state index in [0.717, 1.165) is 18.8 Å². The number of carbonyl (C=O) groups is 1. The molecule has 1 atom stereocenters. The fourth-order valence-electron chi connectivity index (χ4n) is 3.07. The topological polar surface area (TPSA) is 49.8 Å². The summed E-state index contributed by atoms with van der Waals surface area (Å²) in [5, 5.41) is 9.88. The van der Waals surface area contributed by atoms with Gasteiger partial charge in [-0.1, -0.05) is 48.4 Å². The molecule has 0 spiro atoms. The minimum absolute atomic E-state index is 0.583. The zero-order valence-corrected chi connectivity index (χ0v) is 13.3. The maximum atomic E-state index is 12.1. The van der Waals surface area contributed by atoms with Gasteiger partial charge in [0.2, 0.25) is 0 Å². The van der Waals surface area contributed by atoms with E-state index in [2.05, 4.69) is 10.8 Å². The summed E-state index contributed by atoms with van der Waals surface area (Å²) in [6, 6.07) is 16.4. The zero-order valence-electron chi connectivity index (χ0n) is 13.3. The van der Waals surface area contributed by atoms with Gasteiger partial charge in [0.25, 0.3) is 0 Å². The fourth-order valence-corrected chi connectivity index (χ4v) is 3.07. The molecule has 0 aliphatic carbocycles. The SMILES string of the molecule is C#CC(C(=O)O)(c1ccccc1)c1ccc(N2CCOCC2)cc1. The molecule has 0 bridgehead atoms. The molecule has 1 aliphatic heterocycles. The summed E-state index contributed by atoms with van der Waals surface area (Å²) in [5.41, 5.74) is 0.733. The molecule has 122 valence electrons. The monoisotopic (exact) mass is 321 g/mol. The number of ether oxygens (including phenoxy) is 1. The first-order chi connectivity index (χ1) is 11.7. The average Bonchev–Trinajstić information content (AvgIpc) is 2.65. The Morgan fingerprint density at radius 1 is 1.04 bits per heavy atom. The molecular formula is C20H19NO3. The first kappa shape index (κ1) is 16.1. The van der Waals surface area contributed by atoms with Crippen LogP contribution in [-0.2, 0) is 14.9 Å². The van der Waals surface area contributed by atoms with E-state index >= 15 is 0 Å². The number of hydrogen-bond acceptors (Lipinski definition) is 3. The van der Waals surface area contributed by atoms with Gasteiger partial charge >= 0.3 is 5.97 Å². The van der Waals surface area contributed by atoms with Crippen molar-refractivity contribution in [2.24, 2.45) is 0 Å². The molecule has 0 saturated carbocycles. The molecule has 2 aromatic rings. The number of carboxylic acids is 1. The first-order valence-electron chi connectivity index (χ1n) is 7.88. The van der Waals surface area contributed by atoms with Crippen LogP contribution >= 0.6 is 0 Å².